The average Bonchev–Trinajstić information content (AvgIpc) is 2.55. The fourth-order valence-corrected chi connectivity index (χ4v) is 3.02. The number of rotatable bonds is 5. The molecule has 0 saturated carbocycles. The monoisotopic (exact) mass is 322 g/mol. The molecule has 2 aromatic carbocycles. The third-order valence-corrected chi connectivity index (χ3v) is 4.60. The lowest BCUT2D eigenvalue weighted by atomic mass is 9.93. The lowest BCUT2D eigenvalue weighted by Crippen LogP contribution is -2.17. The van der Waals surface area contributed by atoms with Gasteiger partial charge in [0.05, 0.1) is 7.11 Å². The molecule has 2 rings (SSSR count). The number of hydrogen-bond acceptors (Lipinski definition) is 1. The van der Waals surface area contributed by atoms with Gasteiger partial charge in [0.25, 0.3) is 0 Å². The van der Waals surface area contributed by atoms with Crippen molar-refractivity contribution in [2.45, 2.75) is 38.4 Å². The molecule has 0 aliphatic carbocycles. The van der Waals surface area contributed by atoms with Crippen molar-refractivity contribution in [1.29, 1.82) is 0 Å². The van der Waals surface area contributed by atoms with Gasteiger partial charge in [-0.25, -0.2) is 0 Å². The van der Waals surface area contributed by atoms with Gasteiger partial charge in [0.2, 0.25) is 0 Å². The van der Waals surface area contributed by atoms with Gasteiger partial charge in [-0.1, -0.05) is 62.1 Å². The number of aryl methyl sites for hydroxylation is 1. The van der Waals surface area contributed by atoms with Gasteiger partial charge in [0, 0.05) is 5.92 Å². The fraction of sp³-hybridized carbons (Fsp3) is 0.333. The van der Waals surface area contributed by atoms with Gasteiger partial charge >= 0.3 is 0 Å². The van der Waals surface area contributed by atoms with Gasteiger partial charge in [-0.15, -0.1) is 11.5 Å². The Morgan fingerprint density at radius 1 is 0.957 bits per heavy atom. The maximum absolute atomic E-state index is 5.26. The molecule has 0 amide bonds. The normalized spacial score (nSPS) is 12.2. The number of benzene rings is 2. The highest BCUT2D eigenvalue weighted by atomic mass is 28.3. The highest BCUT2D eigenvalue weighted by Gasteiger charge is 2.12. The lowest BCUT2D eigenvalue weighted by Gasteiger charge is -2.14. The first-order valence-electron chi connectivity index (χ1n) is 8.18. The quantitative estimate of drug-likeness (QED) is 0.536. The summed E-state index contributed by atoms with van der Waals surface area (Å²) in [4.78, 5) is 0. The van der Waals surface area contributed by atoms with E-state index in [1.54, 1.807) is 7.11 Å². The van der Waals surface area contributed by atoms with E-state index in [4.69, 9.17) is 4.74 Å². The number of methoxy groups -OCH3 is 1. The third kappa shape index (κ3) is 5.96. The van der Waals surface area contributed by atoms with Crippen molar-refractivity contribution in [2.24, 2.45) is 0 Å². The summed E-state index contributed by atoms with van der Waals surface area (Å²) in [5.74, 6) is 4.74. The van der Waals surface area contributed by atoms with E-state index in [0.29, 0.717) is 0 Å². The maximum atomic E-state index is 5.26. The van der Waals surface area contributed by atoms with Crippen LogP contribution in [0.15, 0.2) is 54.6 Å². The topological polar surface area (TPSA) is 9.23 Å². The molecule has 2 aromatic rings. The second-order valence-corrected chi connectivity index (χ2v) is 11.6. The van der Waals surface area contributed by atoms with Crippen LogP contribution in [0, 0.1) is 11.5 Å². The number of hydrogen-bond donors (Lipinski definition) is 0. The van der Waals surface area contributed by atoms with E-state index in [1.807, 2.05) is 12.1 Å². The summed E-state index contributed by atoms with van der Waals surface area (Å²) in [7, 11) is 0.337. The molecule has 0 saturated heterocycles. The second kappa shape index (κ2) is 8.03. The predicted octanol–water partition coefficient (Wildman–Crippen LogP) is 5.29. The molecule has 0 unspecified atom stereocenters. The van der Waals surface area contributed by atoms with Crippen molar-refractivity contribution in [3.8, 4) is 17.2 Å². The fourth-order valence-electron chi connectivity index (χ4n) is 2.42. The average molecular weight is 323 g/mol. The molecule has 120 valence electrons. The van der Waals surface area contributed by atoms with Gasteiger partial charge in [0.15, 0.2) is 0 Å². The molecule has 0 aromatic heterocycles. The molecule has 1 nitrogen and oxygen atoms in total. The molecule has 0 N–H and O–H groups in total. The molecule has 0 heterocycles. The zero-order valence-corrected chi connectivity index (χ0v) is 15.6. The van der Waals surface area contributed by atoms with Crippen LogP contribution in [0.2, 0.25) is 19.6 Å². The smallest absolute Gasteiger partial charge is 0.129 e. The van der Waals surface area contributed by atoms with Crippen molar-refractivity contribution >= 4 is 8.07 Å². The van der Waals surface area contributed by atoms with Crippen molar-refractivity contribution in [1.82, 2.24) is 0 Å². The summed E-state index contributed by atoms with van der Waals surface area (Å²) in [5.41, 5.74) is 6.20. The van der Waals surface area contributed by atoms with Crippen LogP contribution in [0.1, 0.15) is 23.5 Å². The summed E-state index contributed by atoms with van der Waals surface area (Å²) in [6.45, 7) is 6.88. The summed E-state index contributed by atoms with van der Waals surface area (Å²) in [6, 6.07) is 19.0. The Balaban J connectivity index is 2.18. The summed E-state index contributed by atoms with van der Waals surface area (Å²) >= 11 is 0. The second-order valence-electron chi connectivity index (χ2n) is 6.87. The van der Waals surface area contributed by atoms with Crippen molar-refractivity contribution in [2.75, 3.05) is 7.11 Å². The lowest BCUT2D eigenvalue weighted by molar-refractivity contribution is 0.414. The predicted molar refractivity (Wildman–Crippen MR) is 102 cm³/mol. The van der Waals surface area contributed by atoms with Gasteiger partial charge in [-0.3, -0.25) is 0 Å². The molecule has 0 aliphatic heterocycles. The van der Waals surface area contributed by atoms with Crippen molar-refractivity contribution < 1.29 is 4.74 Å². The van der Waals surface area contributed by atoms with Crippen molar-refractivity contribution in [3.63, 3.8) is 0 Å². The maximum Gasteiger partial charge on any atom is 0.129 e. The molecule has 0 radical (unpaired) electrons. The minimum atomic E-state index is -1.36. The minimum Gasteiger partial charge on any atom is -0.497 e. The van der Waals surface area contributed by atoms with E-state index in [1.165, 1.54) is 11.1 Å². The van der Waals surface area contributed by atoms with Gasteiger partial charge < -0.3 is 4.74 Å². The SMILES string of the molecule is COc1ccc([C@@H](C#C[Si](C)(C)C)CCc2ccccc2)cc1. The van der Waals surface area contributed by atoms with E-state index >= 15 is 0 Å². The zero-order valence-electron chi connectivity index (χ0n) is 14.6. The van der Waals surface area contributed by atoms with Crippen LogP contribution in [-0.4, -0.2) is 15.2 Å². The Hall–Kier alpha value is -1.98. The molecule has 0 aliphatic rings. The van der Waals surface area contributed by atoms with Crippen molar-refractivity contribution in [3.05, 3.63) is 65.7 Å². The van der Waals surface area contributed by atoms with Gasteiger partial charge in [-0.2, -0.15) is 0 Å². The molecular weight excluding hydrogens is 296 g/mol. The Kier molecular flexibility index (Phi) is 6.07. The first kappa shape index (κ1) is 17.4. The minimum absolute atomic E-state index is 0.285. The molecule has 2 heteroatoms. The van der Waals surface area contributed by atoms with E-state index in [2.05, 4.69) is 73.6 Å². The molecular formula is C21H26OSi. The van der Waals surface area contributed by atoms with Crippen LogP contribution in [0.3, 0.4) is 0 Å². The molecule has 0 spiro atoms. The standard InChI is InChI=1S/C21H26OSi/c1-22-21-14-12-19(13-15-21)20(16-17-23(2,3)4)11-10-18-8-6-5-7-9-18/h5-9,12-15,20H,10-11H2,1-4H3/t20-/m1/s1. The van der Waals surface area contributed by atoms with Crippen LogP contribution >= 0.6 is 0 Å². The van der Waals surface area contributed by atoms with E-state index in [0.717, 1.165) is 18.6 Å². The molecule has 23 heavy (non-hydrogen) atoms. The molecule has 0 fully saturated rings. The van der Waals surface area contributed by atoms with Gasteiger partial charge in [-0.05, 0) is 36.1 Å². The van der Waals surface area contributed by atoms with Crippen LogP contribution < -0.4 is 4.74 Å². The van der Waals surface area contributed by atoms with Crippen LogP contribution in [-0.2, 0) is 6.42 Å². The summed E-state index contributed by atoms with van der Waals surface area (Å²) in [6.07, 6.45) is 2.10. The van der Waals surface area contributed by atoms with E-state index < -0.39 is 8.07 Å². The zero-order chi connectivity index (χ0) is 16.7. The summed E-state index contributed by atoms with van der Waals surface area (Å²) in [5, 5.41) is 0. The highest BCUT2D eigenvalue weighted by molar-refractivity contribution is 6.83. The van der Waals surface area contributed by atoms with Crippen LogP contribution in [0.25, 0.3) is 0 Å². The Morgan fingerprint density at radius 3 is 2.17 bits per heavy atom. The Labute approximate surface area is 141 Å². The largest absolute Gasteiger partial charge is 0.497 e. The van der Waals surface area contributed by atoms with Gasteiger partial charge in [0.1, 0.15) is 13.8 Å². The Bertz CT molecular complexity index is 657. The first-order valence-corrected chi connectivity index (χ1v) is 11.7. The first-order chi connectivity index (χ1) is 11.0. The Morgan fingerprint density at radius 2 is 1.61 bits per heavy atom. The third-order valence-electron chi connectivity index (χ3n) is 3.70. The summed E-state index contributed by atoms with van der Waals surface area (Å²) < 4.78 is 5.26. The van der Waals surface area contributed by atoms with E-state index in [-0.39, 0.29) is 5.92 Å². The van der Waals surface area contributed by atoms with Crippen LogP contribution in [0.4, 0.5) is 0 Å². The molecule has 1 atom stereocenters. The van der Waals surface area contributed by atoms with E-state index in [9.17, 15) is 0 Å². The van der Waals surface area contributed by atoms with Crippen LogP contribution in [0.5, 0.6) is 5.75 Å². The highest BCUT2D eigenvalue weighted by Crippen LogP contribution is 2.24. The molecule has 0 bridgehead atoms. The number of ether oxygens (including phenoxy) is 1.